The van der Waals surface area contributed by atoms with Crippen molar-refractivity contribution in [3.8, 4) is 0 Å². The Balaban J connectivity index is 0.000000207. The van der Waals surface area contributed by atoms with Crippen molar-refractivity contribution >= 4 is 63.4 Å². The average molecular weight is 820 g/mol. The lowest BCUT2D eigenvalue weighted by molar-refractivity contribution is 0.101. The minimum atomic E-state index is -0.523. The fraction of sp³-hybridized carbons (Fsp3) is 0.133. The van der Waals surface area contributed by atoms with Crippen molar-refractivity contribution in [3.63, 3.8) is 0 Å². The van der Waals surface area contributed by atoms with E-state index in [0.29, 0.717) is 52.8 Å². The van der Waals surface area contributed by atoms with Gasteiger partial charge in [-0.05, 0) is 83.9 Å². The van der Waals surface area contributed by atoms with Gasteiger partial charge < -0.3 is 36.6 Å². The van der Waals surface area contributed by atoms with Crippen molar-refractivity contribution in [2.24, 2.45) is 7.05 Å². The lowest BCUT2D eigenvalue weighted by Gasteiger charge is -2.14. The van der Waals surface area contributed by atoms with Gasteiger partial charge in [0, 0.05) is 86.9 Å². The van der Waals surface area contributed by atoms with E-state index in [1.807, 2.05) is 61.8 Å². The predicted molar refractivity (Wildman–Crippen MR) is 236 cm³/mol. The molecule has 0 aliphatic rings. The normalized spacial score (nSPS) is 10.4. The van der Waals surface area contributed by atoms with E-state index in [1.54, 1.807) is 104 Å². The first-order valence-corrected chi connectivity index (χ1v) is 19.1. The summed E-state index contributed by atoms with van der Waals surface area (Å²) in [6.45, 7) is 0.901. The van der Waals surface area contributed by atoms with Crippen molar-refractivity contribution < 1.29 is 23.9 Å². The Hall–Kier alpha value is -8.27. The summed E-state index contributed by atoms with van der Waals surface area (Å²) in [6.07, 6.45) is 6.33. The van der Waals surface area contributed by atoms with Crippen LogP contribution in [0, 0.1) is 0 Å². The van der Waals surface area contributed by atoms with Gasteiger partial charge in [-0.15, -0.1) is 0 Å². The Morgan fingerprint density at radius 2 is 1.51 bits per heavy atom. The molecule has 7 N–H and O–H groups in total. The minimum Gasteiger partial charge on any atom is -0.445 e. The van der Waals surface area contributed by atoms with Crippen molar-refractivity contribution in [1.82, 2.24) is 30.0 Å². The molecular formula is C45H45N11O5. The molecule has 0 aliphatic heterocycles. The largest absolute Gasteiger partial charge is 0.445 e. The van der Waals surface area contributed by atoms with Gasteiger partial charge in [-0.3, -0.25) is 24.6 Å². The van der Waals surface area contributed by atoms with Crippen LogP contribution in [0.5, 0.6) is 0 Å². The third-order valence-electron chi connectivity index (χ3n) is 8.95. The molecule has 4 aromatic carbocycles. The molecule has 0 aliphatic carbocycles. The molecule has 16 heteroatoms. The molecule has 61 heavy (non-hydrogen) atoms. The van der Waals surface area contributed by atoms with Gasteiger partial charge in [0.1, 0.15) is 12.4 Å². The van der Waals surface area contributed by atoms with Crippen molar-refractivity contribution in [3.05, 3.63) is 168 Å². The zero-order chi connectivity index (χ0) is 43.1. The Labute approximate surface area is 352 Å². The maximum atomic E-state index is 13.0. The lowest BCUT2D eigenvalue weighted by Crippen LogP contribution is -2.27. The number of aryl methyl sites for hydroxylation is 1. The number of hydrogen-bond acceptors (Lipinski definition) is 10. The number of anilines is 5. The van der Waals surface area contributed by atoms with Gasteiger partial charge in [0.15, 0.2) is 0 Å². The summed E-state index contributed by atoms with van der Waals surface area (Å²) >= 11 is 0. The van der Waals surface area contributed by atoms with Crippen molar-refractivity contribution in [1.29, 1.82) is 0 Å². The first-order valence-electron chi connectivity index (χ1n) is 19.1. The molecule has 3 heterocycles. The fourth-order valence-electron chi connectivity index (χ4n) is 5.76. The van der Waals surface area contributed by atoms with Crippen LogP contribution in [0.1, 0.15) is 37.4 Å². The summed E-state index contributed by atoms with van der Waals surface area (Å²) in [5.74, 6) is -0.0146. The van der Waals surface area contributed by atoms with Gasteiger partial charge in [-0.1, -0.05) is 42.5 Å². The molecular weight excluding hydrogens is 775 g/mol. The molecule has 7 aromatic rings. The van der Waals surface area contributed by atoms with Gasteiger partial charge in [-0.25, -0.2) is 14.6 Å². The van der Waals surface area contributed by atoms with E-state index in [1.165, 1.54) is 4.90 Å². The van der Waals surface area contributed by atoms with E-state index in [0.717, 1.165) is 27.6 Å². The van der Waals surface area contributed by atoms with Crippen LogP contribution in [0.25, 0.3) is 10.9 Å². The van der Waals surface area contributed by atoms with Crippen LogP contribution in [0.3, 0.4) is 0 Å². The molecule has 0 unspecified atom stereocenters. The number of fused-ring (bicyclic) bond motifs is 1. The van der Waals surface area contributed by atoms with Crippen LogP contribution >= 0.6 is 0 Å². The number of carbonyl (C=O) groups is 4. The van der Waals surface area contributed by atoms with Gasteiger partial charge in [0.2, 0.25) is 0 Å². The summed E-state index contributed by atoms with van der Waals surface area (Å²) in [4.78, 5) is 58.5. The van der Waals surface area contributed by atoms with Gasteiger partial charge >= 0.3 is 12.1 Å². The van der Waals surface area contributed by atoms with E-state index in [4.69, 9.17) is 10.5 Å². The Morgan fingerprint density at radius 3 is 2.26 bits per heavy atom. The van der Waals surface area contributed by atoms with Crippen molar-refractivity contribution in [2.45, 2.75) is 19.7 Å². The molecule has 310 valence electrons. The fourth-order valence-corrected chi connectivity index (χ4v) is 5.76. The highest BCUT2D eigenvalue weighted by Crippen LogP contribution is 2.22. The number of carbonyl (C=O) groups excluding carboxylic acids is 4. The monoisotopic (exact) mass is 819 g/mol. The first kappa shape index (κ1) is 42.3. The number of ether oxygens (including phenoxy) is 1. The van der Waals surface area contributed by atoms with E-state index in [-0.39, 0.29) is 24.5 Å². The molecule has 0 fully saturated rings. The number of alkyl carbamates (subject to hydrolysis) is 1. The highest BCUT2D eigenvalue weighted by molar-refractivity contribution is 6.08. The summed E-state index contributed by atoms with van der Waals surface area (Å²) in [5, 5.41) is 19.8. The molecule has 16 nitrogen and oxygen atoms in total. The third-order valence-corrected chi connectivity index (χ3v) is 8.95. The highest BCUT2D eigenvalue weighted by atomic mass is 16.5. The third kappa shape index (κ3) is 12.4. The summed E-state index contributed by atoms with van der Waals surface area (Å²) in [7, 11) is 5.19. The van der Waals surface area contributed by atoms with Gasteiger partial charge in [-0.2, -0.15) is 5.10 Å². The predicted octanol–water partition coefficient (Wildman–Crippen LogP) is 7.27. The maximum absolute atomic E-state index is 13.0. The Bertz CT molecular complexity index is 2610. The highest BCUT2D eigenvalue weighted by Gasteiger charge is 2.13. The number of pyridine rings is 2. The van der Waals surface area contributed by atoms with E-state index < -0.39 is 6.09 Å². The molecule has 0 saturated carbocycles. The van der Waals surface area contributed by atoms with Gasteiger partial charge in [0.05, 0.1) is 22.5 Å². The zero-order valence-corrected chi connectivity index (χ0v) is 33.8. The van der Waals surface area contributed by atoms with Crippen molar-refractivity contribution in [2.75, 3.05) is 41.1 Å². The second-order valence-corrected chi connectivity index (χ2v) is 13.8. The number of nitrogen functional groups attached to an aromatic ring is 1. The Kier molecular flexibility index (Phi) is 14.2. The average Bonchev–Trinajstić information content (AvgIpc) is 3.65. The molecule has 0 atom stereocenters. The second kappa shape index (κ2) is 20.4. The topological polar surface area (TPSA) is 211 Å². The second-order valence-electron chi connectivity index (χ2n) is 13.8. The summed E-state index contributed by atoms with van der Waals surface area (Å²) in [5.41, 5.74) is 12.7. The van der Waals surface area contributed by atoms with E-state index >= 15 is 0 Å². The Morgan fingerprint density at radius 1 is 0.738 bits per heavy atom. The number of para-hydroxylation sites is 3. The number of urea groups is 1. The molecule has 0 bridgehead atoms. The summed E-state index contributed by atoms with van der Waals surface area (Å²) < 4.78 is 6.87. The smallest absolute Gasteiger partial charge is 0.407 e. The molecule has 5 amide bonds. The van der Waals surface area contributed by atoms with E-state index in [9.17, 15) is 19.2 Å². The maximum Gasteiger partial charge on any atom is 0.407 e. The van der Waals surface area contributed by atoms with Crippen LogP contribution in [-0.4, -0.2) is 62.7 Å². The number of hydrogen-bond donors (Lipinski definition) is 6. The van der Waals surface area contributed by atoms with Crippen LogP contribution in [0.4, 0.5) is 38.2 Å². The van der Waals surface area contributed by atoms with Crippen LogP contribution in [0.2, 0.25) is 0 Å². The molecule has 7 rings (SSSR count). The lowest BCUT2D eigenvalue weighted by atomic mass is 10.1. The summed E-state index contributed by atoms with van der Waals surface area (Å²) in [6, 6.07) is 33.9. The number of nitrogens with zero attached hydrogens (tertiary/aromatic N) is 5. The number of nitrogens with one attached hydrogen (secondary N) is 5. The van der Waals surface area contributed by atoms with Crippen LogP contribution in [-0.2, 0) is 31.5 Å². The van der Waals surface area contributed by atoms with Gasteiger partial charge in [0.25, 0.3) is 11.8 Å². The zero-order valence-electron chi connectivity index (χ0n) is 33.8. The SMILES string of the molecule is CN(C)C(=O)Nc1cc(CNc2ccccc2C(=O)Nc2ccc3cn(C)nc3c2)ccn1.Nc1ccccc1NC(=O)c1ccc(CNC(=O)OCc2cccnc2)cc1. The number of nitrogens with two attached hydrogens (primary N) is 1. The number of aromatic nitrogens is 4. The standard InChI is InChI=1S/C24H25N7O2.C21H20N4O3/c1-30(2)24(33)28-22-12-16(10-11-25-22)14-26-20-7-5-4-6-19(20)23(32)27-18-9-8-17-15-31(3)29-21(17)13-18;22-18-5-1-2-6-19(18)25-20(26)17-9-7-15(8-10-17)13-24-21(27)28-14-16-4-3-11-23-12-16/h4-13,15,26H,14H2,1-3H3,(H,27,32)(H,25,28,33);1-12H,13-14,22H2,(H,24,27)(H,25,26). The molecule has 0 radical (unpaired) electrons. The molecule has 0 spiro atoms. The van der Waals surface area contributed by atoms with Crippen LogP contribution < -0.4 is 32.3 Å². The quantitative estimate of drug-likeness (QED) is 0.0679. The minimum absolute atomic E-state index is 0.154. The number of rotatable bonds is 12. The van der Waals surface area contributed by atoms with E-state index in [2.05, 4.69) is 41.7 Å². The number of benzene rings is 4. The molecule has 0 saturated heterocycles. The molecule has 3 aromatic heterocycles. The van der Waals surface area contributed by atoms with Crippen LogP contribution in [0.15, 0.2) is 140 Å². The first-order chi connectivity index (χ1) is 29.5. The number of amides is 5.